The van der Waals surface area contributed by atoms with Gasteiger partial charge in [0.25, 0.3) is 11.7 Å². The second-order valence-corrected chi connectivity index (χ2v) is 3.81. The fraction of sp³-hybridized carbons (Fsp3) is 0.100. The molecule has 0 saturated heterocycles. The van der Waals surface area contributed by atoms with Crippen molar-refractivity contribution in [3.8, 4) is 0 Å². The van der Waals surface area contributed by atoms with E-state index in [1.54, 1.807) is 0 Å². The summed E-state index contributed by atoms with van der Waals surface area (Å²) in [5.74, 6) is -1.38. The normalized spacial score (nSPS) is 10.0. The summed E-state index contributed by atoms with van der Waals surface area (Å²) in [6.07, 6.45) is 0. The number of benzene rings is 1. The van der Waals surface area contributed by atoms with Gasteiger partial charge < -0.3 is 10.1 Å². The number of hydrogen-bond donors (Lipinski definition) is 2. The zero-order valence-corrected chi connectivity index (χ0v) is 10.4. The number of aromatic amines is 1. The summed E-state index contributed by atoms with van der Waals surface area (Å²) in [6.45, 7) is 0. The third-order valence-electron chi connectivity index (χ3n) is 2.18. The Bertz CT molecular complexity index is 614. The third-order valence-corrected chi connectivity index (χ3v) is 2.42. The molecule has 0 bridgehead atoms. The summed E-state index contributed by atoms with van der Waals surface area (Å²) in [6, 6.07) is 4.39. The zero-order valence-electron chi connectivity index (χ0n) is 9.68. The second kappa shape index (κ2) is 5.44. The van der Waals surface area contributed by atoms with Crippen LogP contribution in [0, 0.1) is 0 Å². The predicted octanol–water partition coefficient (Wildman–Crippen LogP) is 0.892. The highest BCUT2D eigenvalue weighted by Crippen LogP contribution is 2.21. The van der Waals surface area contributed by atoms with Crippen LogP contribution in [0.25, 0.3) is 0 Å². The van der Waals surface area contributed by atoms with E-state index in [1.165, 1.54) is 25.3 Å². The summed E-state index contributed by atoms with van der Waals surface area (Å²) in [4.78, 5) is 23.3. The lowest BCUT2D eigenvalue weighted by Crippen LogP contribution is -2.16. The van der Waals surface area contributed by atoms with Gasteiger partial charge in [0.15, 0.2) is 0 Å². The number of aromatic nitrogens is 4. The number of tetrazole rings is 1. The first kappa shape index (κ1) is 13.0. The quantitative estimate of drug-likeness (QED) is 0.809. The van der Waals surface area contributed by atoms with Gasteiger partial charge in [-0.25, -0.2) is 4.79 Å². The molecule has 2 aromatic rings. The maximum Gasteiger partial charge on any atom is 0.340 e. The number of nitrogens with one attached hydrogen (secondary N) is 2. The number of rotatable bonds is 3. The Morgan fingerprint density at radius 2 is 2.21 bits per heavy atom. The number of nitrogens with zero attached hydrogens (tertiary/aromatic N) is 3. The van der Waals surface area contributed by atoms with E-state index in [1.807, 2.05) is 0 Å². The van der Waals surface area contributed by atoms with Gasteiger partial charge >= 0.3 is 5.97 Å². The van der Waals surface area contributed by atoms with Crippen molar-refractivity contribution >= 4 is 29.2 Å². The number of ether oxygens (including phenoxy) is 1. The van der Waals surface area contributed by atoms with Crippen molar-refractivity contribution in [3.63, 3.8) is 0 Å². The number of anilines is 1. The molecular weight excluding hydrogens is 274 g/mol. The first-order valence-electron chi connectivity index (χ1n) is 5.04. The van der Waals surface area contributed by atoms with E-state index in [0.717, 1.165) is 0 Å². The lowest BCUT2D eigenvalue weighted by molar-refractivity contribution is 0.0602. The number of carbonyl (C=O) groups excluding carboxylic acids is 2. The van der Waals surface area contributed by atoms with Crippen molar-refractivity contribution in [1.82, 2.24) is 20.6 Å². The number of H-pyrrole nitrogens is 1. The van der Waals surface area contributed by atoms with Crippen LogP contribution < -0.4 is 5.32 Å². The summed E-state index contributed by atoms with van der Waals surface area (Å²) in [5.41, 5.74) is 0.373. The average Bonchev–Trinajstić information content (AvgIpc) is 2.94. The van der Waals surface area contributed by atoms with Crippen LogP contribution in [-0.2, 0) is 4.74 Å². The largest absolute Gasteiger partial charge is 0.465 e. The molecule has 2 rings (SSSR count). The molecule has 9 heteroatoms. The van der Waals surface area contributed by atoms with Crippen molar-refractivity contribution in [2.45, 2.75) is 0 Å². The fourth-order valence-corrected chi connectivity index (χ4v) is 1.51. The Morgan fingerprint density at radius 3 is 2.84 bits per heavy atom. The molecular formula is C10H8ClN5O3. The van der Waals surface area contributed by atoms with Gasteiger partial charge in [-0.1, -0.05) is 11.6 Å². The second-order valence-electron chi connectivity index (χ2n) is 3.37. The molecule has 0 fully saturated rings. The first-order valence-corrected chi connectivity index (χ1v) is 5.42. The Morgan fingerprint density at radius 1 is 1.42 bits per heavy atom. The van der Waals surface area contributed by atoms with Crippen LogP contribution in [0.1, 0.15) is 21.0 Å². The minimum Gasteiger partial charge on any atom is -0.465 e. The molecule has 0 radical (unpaired) electrons. The van der Waals surface area contributed by atoms with Gasteiger partial charge in [0.1, 0.15) is 0 Å². The van der Waals surface area contributed by atoms with E-state index >= 15 is 0 Å². The number of carbonyl (C=O) groups is 2. The SMILES string of the molecule is COC(=O)c1cc(Cl)ccc1NC(=O)c1nn[nH]n1. The molecule has 0 aliphatic carbocycles. The summed E-state index contributed by atoms with van der Waals surface area (Å²) < 4.78 is 4.61. The van der Waals surface area contributed by atoms with Gasteiger partial charge in [-0.2, -0.15) is 5.21 Å². The Kier molecular flexibility index (Phi) is 3.71. The molecule has 0 aliphatic heterocycles. The first-order chi connectivity index (χ1) is 9.11. The van der Waals surface area contributed by atoms with Gasteiger partial charge in [0, 0.05) is 5.02 Å². The molecule has 1 aromatic carbocycles. The molecule has 0 spiro atoms. The zero-order chi connectivity index (χ0) is 13.8. The predicted molar refractivity (Wildman–Crippen MR) is 64.9 cm³/mol. The topological polar surface area (TPSA) is 110 Å². The number of esters is 1. The van der Waals surface area contributed by atoms with Crippen LogP contribution in [0.5, 0.6) is 0 Å². The molecule has 0 atom stereocenters. The molecule has 1 aromatic heterocycles. The van der Waals surface area contributed by atoms with Crippen molar-refractivity contribution in [1.29, 1.82) is 0 Å². The maximum absolute atomic E-state index is 11.7. The lowest BCUT2D eigenvalue weighted by atomic mass is 10.1. The van der Waals surface area contributed by atoms with Gasteiger partial charge in [0.05, 0.1) is 18.4 Å². The van der Waals surface area contributed by atoms with Gasteiger partial charge in [-0.05, 0) is 23.4 Å². The summed E-state index contributed by atoms with van der Waals surface area (Å²) in [5, 5.41) is 15.3. The molecule has 19 heavy (non-hydrogen) atoms. The smallest absolute Gasteiger partial charge is 0.340 e. The van der Waals surface area contributed by atoms with E-state index < -0.39 is 11.9 Å². The monoisotopic (exact) mass is 281 g/mol. The molecule has 1 heterocycles. The van der Waals surface area contributed by atoms with E-state index in [9.17, 15) is 9.59 Å². The Balaban J connectivity index is 2.29. The van der Waals surface area contributed by atoms with Crippen LogP contribution in [0.4, 0.5) is 5.69 Å². The van der Waals surface area contributed by atoms with Crippen molar-refractivity contribution in [2.24, 2.45) is 0 Å². The van der Waals surface area contributed by atoms with E-state index in [2.05, 4.69) is 30.7 Å². The summed E-state index contributed by atoms with van der Waals surface area (Å²) >= 11 is 5.79. The molecule has 98 valence electrons. The molecule has 0 unspecified atom stereocenters. The standard InChI is InChI=1S/C10H8ClN5O3/c1-19-10(18)6-4-5(11)2-3-7(6)12-9(17)8-13-15-16-14-8/h2-4H,1H3,(H,12,17)(H,13,14,15,16). The highest BCUT2D eigenvalue weighted by Gasteiger charge is 2.17. The molecule has 8 nitrogen and oxygen atoms in total. The molecule has 0 saturated carbocycles. The number of methoxy groups -OCH3 is 1. The van der Waals surface area contributed by atoms with Crippen molar-refractivity contribution in [3.05, 3.63) is 34.6 Å². The average molecular weight is 282 g/mol. The van der Waals surface area contributed by atoms with Gasteiger partial charge in [-0.3, -0.25) is 4.79 Å². The molecule has 1 amide bonds. The fourth-order valence-electron chi connectivity index (χ4n) is 1.34. The minimum atomic E-state index is -0.620. The van der Waals surface area contributed by atoms with E-state index in [4.69, 9.17) is 11.6 Å². The lowest BCUT2D eigenvalue weighted by Gasteiger charge is -2.08. The Labute approximate surface area is 112 Å². The number of hydrogen-bond acceptors (Lipinski definition) is 6. The van der Waals surface area contributed by atoms with Crippen molar-refractivity contribution in [2.75, 3.05) is 12.4 Å². The highest BCUT2D eigenvalue weighted by atomic mass is 35.5. The maximum atomic E-state index is 11.7. The van der Waals surface area contributed by atoms with E-state index in [-0.39, 0.29) is 17.1 Å². The van der Waals surface area contributed by atoms with Crippen LogP contribution in [-0.4, -0.2) is 39.6 Å². The van der Waals surface area contributed by atoms with Crippen LogP contribution in [0.2, 0.25) is 5.02 Å². The van der Waals surface area contributed by atoms with Gasteiger partial charge in [0.2, 0.25) is 0 Å². The van der Waals surface area contributed by atoms with Gasteiger partial charge in [-0.15, -0.1) is 10.2 Å². The number of amides is 1. The summed E-state index contributed by atoms with van der Waals surface area (Å²) in [7, 11) is 1.23. The van der Waals surface area contributed by atoms with Crippen LogP contribution in [0.15, 0.2) is 18.2 Å². The van der Waals surface area contributed by atoms with Crippen LogP contribution >= 0.6 is 11.6 Å². The molecule has 2 N–H and O–H groups in total. The Hall–Kier alpha value is -2.48. The van der Waals surface area contributed by atoms with E-state index in [0.29, 0.717) is 5.02 Å². The highest BCUT2D eigenvalue weighted by molar-refractivity contribution is 6.31. The minimum absolute atomic E-state index is 0.131. The van der Waals surface area contributed by atoms with Crippen molar-refractivity contribution < 1.29 is 14.3 Å². The van der Waals surface area contributed by atoms with Crippen LogP contribution in [0.3, 0.4) is 0 Å². The molecule has 0 aliphatic rings. The third kappa shape index (κ3) is 2.86. The number of halogens is 1.